The van der Waals surface area contributed by atoms with Gasteiger partial charge in [0.25, 0.3) is 0 Å². The van der Waals surface area contributed by atoms with Crippen molar-refractivity contribution in [1.29, 1.82) is 0 Å². The third-order valence-corrected chi connectivity index (χ3v) is 21.8. The quantitative estimate of drug-likeness (QED) is 0.123. The maximum Gasteiger partial charge on any atom is 0.179 e. The van der Waals surface area contributed by atoms with E-state index in [1.807, 2.05) is 0 Å². The summed E-state index contributed by atoms with van der Waals surface area (Å²) in [4.78, 5) is 0. The van der Waals surface area contributed by atoms with Crippen LogP contribution >= 0.6 is 0 Å². The highest BCUT2D eigenvalue weighted by Gasteiger charge is 2.42. The minimum Gasteiger partial charge on any atom is -0.456 e. The molecule has 0 unspecified atom stereocenters. The zero-order valence-electron chi connectivity index (χ0n) is 42.3. The lowest BCUT2D eigenvalue weighted by molar-refractivity contribution is 0.655. The highest BCUT2D eigenvalue weighted by molar-refractivity contribution is 7.20. The second-order valence-electron chi connectivity index (χ2n) is 21.1. The first kappa shape index (κ1) is 42.8. The molecule has 0 aliphatic heterocycles. The van der Waals surface area contributed by atoms with Gasteiger partial charge in [-0.05, 0) is 106 Å². The van der Waals surface area contributed by atoms with Crippen LogP contribution in [-0.2, 0) is 0 Å². The van der Waals surface area contributed by atoms with Crippen LogP contribution in [0.1, 0.15) is 0 Å². The Morgan fingerprint density at radius 1 is 0.203 bits per heavy atom. The fourth-order valence-corrected chi connectivity index (χ4v) is 18.4. The molecular weight excluding hydrogens is 985 g/mol. The molecule has 0 spiro atoms. The van der Waals surface area contributed by atoms with Gasteiger partial charge in [-0.3, -0.25) is 0 Å². The molecule has 18 rings (SSSR count). The first-order valence-corrected chi connectivity index (χ1v) is 28.9. The van der Waals surface area contributed by atoms with Crippen molar-refractivity contribution >= 4 is 160 Å². The minimum absolute atomic E-state index is 0.791. The molecule has 0 radical (unpaired) electrons. The van der Waals surface area contributed by atoms with E-state index in [4.69, 9.17) is 17.7 Å². The van der Waals surface area contributed by atoms with Gasteiger partial charge in [0.05, 0.1) is 22.1 Å². The molecule has 0 aliphatic rings. The van der Waals surface area contributed by atoms with Crippen LogP contribution in [0.2, 0.25) is 0 Å². The number of hydrogen-bond acceptors (Lipinski definition) is 4. The zero-order valence-corrected chi connectivity index (χ0v) is 43.3. The van der Waals surface area contributed by atoms with Gasteiger partial charge in [-0.2, -0.15) is 0 Å². The van der Waals surface area contributed by atoms with E-state index in [2.05, 4.69) is 264 Å². The van der Waals surface area contributed by atoms with Crippen LogP contribution in [0, 0.1) is 0 Å². The van der Waals surface area contributed by atoms with Crippen LogP contribution in [0.15, 0.2) is 272 Å². The monoisotopic (exact) mass is 1030 g/mol. The summed E-state index contributed by atoms with van der Waals surface area (Å²) in [6.45, 7) is 0. The number of furan rings is 4. The Balaban J connectivity index is 0.837. The summed E-state index contributed by atoms with van der Waals surface area (Å²) in [5.41, 5.74) is 13.4. The summed E-state index contributed by atoms with van der Waals surface area (Å²) in [6, 6.07) is 92.5. The highest BCUT2D eigenvalue weighted by Crippen LogP contribution is 2.42. The lowest BCUT2D eigenvalue weighted by Gasteiger charge is -2.34. The van der Waals surface area contributed by atoms with Crippen molar-refractivity contribution in [1.82, 2.24) is 9.13 Å². The van der Waals surface area contributed by atoms with Gasteiger partial charge in [0.2, 0.25) is 0 Å². The van der Waals surface area contributed by atoms with Crippen LogP contribution < -0.4 is 20.7 Å². The molecule has 0 amide bonds. The van der Waals surface area contributed by atoms with E-state index < -0.39 is 8.07 Å². The Bertz CT molecular complexity index is 5120. The fourth-order valence-electron chi connectivity index (χ4n) is 13.6. The summed E-state index contributed by atoms with van der Waals surface area (Å²) >= 11 is 0. The second kappa shape index (κ2) is 15.9. The van der Waals surface area contributed by atoms with Crippen LogP contribution in [0.3, 0.4) is 0 Å². The Morgan fingerprint density at radius 2 is 0.494 bits per heavy atom. The lowest BCUT2D eigenvalue weighted by atomic mass is 10.1. The molecule has 12 aromatic carbocycles. The molecule has 7 heteroatoms. The number of rotatable bonds is 6. The first-order valence-electron chi connectivity index (χ1n) is 26.9. The number of benzene rings is 12. The summed E-state index contributed by atoms with van der Waals surface area (Å²) in [6.07, 6.45) is 0. The van der Waals surface area contributed by atoms with E-state index >= 15 is 0 Å². The first-order chi connectivity index (χ1) is 39.1. The van der Waals surface area contributed by atoms with Gasteiger partial charge in [0, 0.05) is 88.1 Å². The summed E-state index contributed by atoms with van der Waals surface area (Å²) in [5, 5.41) is 18.4. The molecule has 368 valence electrons. The average Bonchev–Trinajstić information content (AvgIpc) is 4.54. The van der Waals surface area contributed by atoms with E-state index in [0.717, 1.165) is 99.1 Å². The molecule has 0 saturated carbocycles. The van der Waals surface area contributed by atoms with Crippen molar-refractivity contribution in [2.75, 3.05) is 0 Å². The predicted octanol–water partition coefficient (Wildman–Crippen LogP) is 16.9. The Hall–Kier alpha value is -10.3. The maximum absolute atomic E-state index is 6.77. The van der Waals surface area contributed by atoms with Gasteiger partial charge in [0.15, 0.2) is 8.07 Å². The van der Waals surface area contributed by atoms with Crippen LogP contribution in [0.25, 0.3) is 143 Å². The molecule has 79 heavy (non-hydrogen) atoms. The van der Waals surface area contributed by atoms with Crippen molar-refractivity contribution in [2.45, 2.75) is 0 Å². The molecule has 0 saturated heterocycles. The van der Waals surface area contributed by atoms with Gasteiger partial charge < -0.3 is 26.8 Å². The van der Waals surface area contributed by atoms with Crippen LogP contribution in [-0.4, -0.2) is 17.2 Å². The summed E-state index contributed by atoms with van der Waals surface area (Å²) < 4.78 is 31.5. The Morgan fingerprint density at radius 3 is 0.848 bits per heavy atom. The average molecular weight is 1030 g/mol. The Labute approximate surface area is 450 Å². The molecule has 18 aromatic rings. The van der Waals surface area contributed by atoms with Crippen molar-refractivity contribution in [3.63, 3.8) is 0 Å². The maximum atomic E-state index is 6.77. The smallest absolute Gasteiger partial charge is 0.179 e. The minimum atomic E-state index is -3.12. The van der Waals surface area contributed by atoms with Crippen molar-refractivity contribution in [2.24, 2.45) is 0 Å². The van der Waals surface area contributed by atoms with E-state index in [1.165, 1.54) is 64.4 Å². The molecule has 6 nitrogen and oxygen atoms in total. The number of para-hydroxylation sites is 4. The topological polar surface area (TPSA) is 62.4 Å². The molecule has 6 heterocycles. The van der Waals surface area contributed by atoms with E-state index in [0.29, 0.717) is 0 Å². The SMILES string of the molecule is c1ccc([Si](c2ccccc2)(c2ccc3oc4cc5oc6ccc(-n7c8ccccc8c8ccccc87)cc6c5cc4c3c2)c2ccc3oc4cc5oc6ccc(-n7c8ccccc8c8ccccc87)cc6c5cc4c3c2)cc1. The molecule has 0 N–H and O–H groups in total. The standard InChI is InChI=1S/C72H42N2O4Si/c1-3-15-45(16-4-1)79(46-17-5-2-6-18-46,47-29-33-67-55(37-47)59-39-57-53-35-43(27-31-65(53)75-69(57)41-71(59)77-67)73-61-23-11-7-19-49(61)50-20-8-12-24-62(50)73)48-30-34-68-56(38-48)60-40-58-54-36-44(28-32-66(54)76-70(58)42-72(60)78-68)74-63-25-13-9-21-51(63)52-22-10-14-26-64(52)74/h1-42H. The molecule has 0 aliphatic carbocycles. The molecule has 0 fully saturated rings. The molecule has 0 bridgehead atoms. The van der Waals surface area contributed by atoms with Crippen molar-refractivity contribution in [3.05, 3.63) is 255 Å². The number of nitrogens with zero attached hydrogens (tertiary/aromatic N) is 2. The van der Waals surface area contributed by atoms with Crippen LogP contribution in [0.4, 0.5) is 0 Å². The Kier molecular flexibility index (Phi) is 8.60. The van der Waals surface area contributed by atoms with Crippen molar-refractivity contribution in [3.8, 4) is 11.4 Å². The number of aromatic nitrogens is 2. The summed E-state index contributed by atoms with van der Waals surface area (Å²) in [7, 11) is -3.12. The van der Waals surface area contributed by atoms with Gasteiger partial charge >= 0.3 is 0 Å². The number of fused-ring (bicyclic) bond motifs is 18. The van der Waals surface area contributed by atoms with Gasteiger partial charge in [0.1, 0.15) is 44.7 Å². The molecule has 0 atom stereocenters. The van der Waals surface area contributed by atoms with Crippen LogP contribution in [0.5, 0.6) is 0 Å². The number of hydrogen-bond donors (Lipinski definition) is 0. The second-order valence-corrected chi connectivity index (χ2v) is 24.9. The lowest BCUT2D eigenvalue weighted by Crippen LogP contribution is -2.74. The van der Waals surface area contributed by atoms with Gasteiger partial charge in [-0.1, -0.05) is 158 Å². The predicted molar refractivity (Wildman–Crippen MR) is 328 cm³/mol. The van der Waals surface area contributed by atoms with Gasteiger partial charge in [-0.15, -0.1) is 0 Å². The van der Waals surface area contributed by atoms with Gasteiger partial charge in [-0.25, -0.2) is 0 Å². The third kappa shape index (κ3) is 5.94. The van der Waals surface area contributed by atoms with E-state index in [9.17, 15) is 0 Å². The summed E-state index contributed by atoms with van der Waals surface area (Å²) in [5.74, 6) is 0. The van der Waals surface area contributed by atoms with E-state index in [-0.39, 0.29) is 0 Å². The largest absolute Gasteiger partial charge is 0.456 e. The highest BCUT2D eigenvalue weighted by atomic mass is 28.3. The fraction of sp³-hybridized carbons (Fsp3) is 0. The van der Waals surface area contributed by atoms with Crippen molar-refractivity contribution < 1.29 is 17.7 Å². The normalized spacial score (nSPS) is 12.6. The molecule has 6 aromatic heterocycles. The third-order valence-electron chi connectivity index (χ3n) is 17.0. The molecular formula is C72H42N2O4Si. The zero-order chi connectivity index (χ0) is 51.5. The van der Waals surface area contributed by atoms with E-state index in [1.54, 1.807) is 0 Å².